The van der Waals surface area contributed by atoms with Crippen LogP contribution in [-0.4, -0.2) is 52.9 Å². The molecule has 1 atom stereocenters. The molecule has 0 bridgehead atoms. The molecule has 1 fully saturated rings. The molecule has 128 valence electrons. The number of pyridine rings is 1. The van der Waals surface area contributed by atoms with Crippen molar-refractivity contribution in [1.29, 1.82) is 0 Å². The zero-order valence-electron chi connectivity index (χ0n) is 13.6. The van der Waals surface area contributed by atoms with Crippen molar-refractivity contribution in [2.24, 2.45) is 0 Å². The molecule has 0 aliphatic carbocycles. The van der Waals surface area contributed by atoms with E-state index < -0.39 is 0 Å². The van der Waals surface area contributed by atoms with Gasteiger partial charge in [-0.25, -0.2) is 4.98 Å². The Balaban J connectivity index is 1.48. The predicted molar refractivity (Wildman–Crippen MR) is 92.9 cm³/mol. The highest BCUT2D eigenvalue weighted by atomic mass is 35.5. The minimum Gasteiger partial charge on any atom is -0.468 e. The minimum absolute atomic E-state index is 0.0516. The van der Waals surface area contributed by atoms with Gasteiger partial charge in [0.25, 0.3) is 0 Å². The van der Waals surface area contributed by atoms with Crippen molar-refractivity contribution in [3.63, 3.8) is 0 Å². The molecule has 3 rings (SSSR count). The van der Waals surface area contributed by atoms with Gasteiger partial charge in [-0.05, 0) is 31.2 Å². The van der Waals surface area contributed by atoms with E-state index in [1.54, 1.807) is 18.4 Å². The number of nitrogens with zero attached hydrogens (tertiary/aromatic N) is 3. The summed E-state index contributed by atoms with van der Waals surface area (Å²) in [5.41, 5.74) is 0. The van der Waals surface area contributed by atoms with Crippen molar-refractivity contribution in [2.75, 3.05) is 31.5 Å². The van der Waals surface area contributed by atoms with Crippen LogP contribution in [0, 0.1) is 0 Å². The van der Waals surface area contributed by atoms with Gasteiger partial charge in [0.15, 0.2) is 0 Å². The van der Waals surface area contributed by atoms with Crippen LogP contribution in [0.2, 0.25) is 5.02 Å². The van der Waals surface area contributed by atoms with Crippen molar-refractivity contribution >= 4 is 23.3 Å². The molecule has 1 saturated heterocycles. The molecule has 1 aliphatic heterocycles. The number of nitrogens with one attached hydrogen (secondary N) is 1. The summed E-state index contributed by atoms with van der Waals surface area (Å²) in [6.07, 6.45) is 3.22. The molecule has 0 unspecified atom stereocenters. The third-order valence-corrected chi connectivity index (χ3v) is 4.50. The maximum atomic E-state index is 12.4. The van der Waals surface area contributed by atoms with E-state index in [4.69, 9.17) is 16.0 Å². The van der Waals surface area contributed by atoms with E-state index in [1.165, 1.54) is 6.20 Å². The number of hydrogen-bond donors (Lipinski definition) is 1. The number of furan rings is 1. The summed E-state index contributed by atoms with van der Waals surface area (Å²) in [4.78, 5) is 21.0. The van der Waals surface area contributed by atoms with Gasteiger partial charge in [0.2, 0.25) is 5.91 Å². The highest BCUT2D eigenvalue weighted by Crippen LogP contribution is 2.13. The summed E-state index contributed by atoms with van der Waals surface area (Å²) in [6, 6.07) is 7.11. The normalized spacial score (nSPS) is 17.6. The van der Waals surface area contributed by atoms with Gasteiger partial charge in [-0.2, -0.15) is 0 Å². The molecule has 7 heteroatoms. The van der Waals surface area contributed by atoms with E-state index in [-0.39, 0.29) is 11.9 Å². The number of halogens is 1. The van der Waals surface area contributed by atoms with Gasteiger partial charge in [-0.15, -0.1) is 0 Å². The summed E-state index contributed by atoms with van der Waals surface area (Å²) in [5, 5.41) is 3.38. The molecule has 24 heavy (non-hydrogen) atoms. The second-order valence-corrected chi connectivity index (χ2v) is 6.35. The van der Waals surface area contributed by atoms with Gasteiger partial charge in [0.05, 0.1) is 23.9 Å². The standard InChI is InChI=1S/C17H21ClN4O2/c1-13(17(23)20-16-5-4-14(18)11-19-16)22-8-6-21(7-9-22)12-15-3-2-10-24-15/h2-5,10-11,13H,6-9,12H2,1H3,(H,19,20,23)/t13-/m0/s1. The zero-order valence-corrected chi connectivity index (χ0v) is 14.4. The predicted octanol–water partition coefficient (Wildman–Crippen LogP) is 2.47. The molecule has 1 amide bonds. The summed E-state index contributed by atoms with van der Waals surface area (Å²) >= 11 is 5.80. The Morgan fingerprint density at radius 3 is 2.75 bits per heavy atom. The van der Waals surface area contributed by atoms with Crippen molar-refractivity contribution in [1.82, 2.24) is 14.8 Å². The van der Waals surface area contributed by atoms with Crippen LogP contribution < -0.4 is 5.32 Å². The van der Waals surface area contributed by atoms with E-state index in [2.05, 4.69) is 20.1 Å². The van der Waals surface area contributed by atoms with Crippen LogP contribution in [-0.2, 0) is 11.3 Å². The van der Waals surface area contributed by atoms with Gasteiger partial charge >= 0.3 is 0 Å². The summed E-state index contributed by atoms with van der Waals surface area (Å²) in [6.45, 7) is 6.27. The SMILES string of the molecule is C[C@@H](C(=O)Nc1ccc(Cl)cn1)N1CCN(Cc2ccco2)CC1. The maximum Gasteiger partial charge on any atom is 0.242 e. The Labute approximate surface area is 146 Å². The molecule has 3 heterocycles. The molecule has 0 aromatic carbocycles. The fourth-order valence-corrected chi connectivity index (χ4v) is 2.89. The monoisotopic (exact) mass is 348 g/mol. The number of piperazine rings is 1. The van der Waals surface area contributed by atoms with Crippen LogP contribution in [0.5, 0.6) is 0 Å². The Kier molecular flexibility index (Phi) is 5.50. The van der Waals surface area contributed by atoms with Crippen LogP contribution in [0.4, 0.5) is 5.82 Å². The summed E-state index contributed by atoms with van der Waals surface area (Å²) in [5.74, 6) is 1.44. The van der Waals surface area contributed by atoms with Crippen LogP contribution in [0.1, 0.15) is 12.7 Å². The molecular formula is C17H21ClN4O2. The van der Waals surface area contributed by atoms with E-state index in [0.717, 1.165) is 38.5 Å². The number of rotatable bonds is 5. The minimum atomic E-state index is -0.201. The number of carbonyl (C=O) groups excluding carboxylic acids is 1. The van der Waals surface area contributed by atoms with E-state index >= 15 is 0 Å². The largest absolute Gasteiger partial charge is 0.468 e. The first-order valence-electron chi connectivity index (χ1n) is 8.03. The van der Waals surface area contributed by atoms with Crippen molar-refractivity contribution in [2.45, 2.75) is 19.5 Å². The van der Waals surface area contributed by atoms with E-state index in [0.29, 0.717) is 10.8 Å². The Hall–Kier alpha value is -1.89. The third kappa shape index (κ3) is 4.35. The quantitative estimate of drug-likeness (QED) is 0.899. The second kappa shape index (κ2) is 7.79. The molecule has 1 N–H and O–H groups in total. The van der Waals surface area contributed by atoms with E-state index in [9.17, 15) is 4.79 Å². The van der Waals surface area contributed by atoms with Crippen molar-refractivity contribution in [3.8, 4) is 0 Å². The third-order valence-electron chi connectivity index (χ3n) is 4.27. The van der Waals surface area contributed by atoms with Gasteiger partial charge in [0.1, 0.15) is 11.6 Å². The highest BCUT2D eigenvalue weighted by molar-refractivity contribution is 6.30. The summed E-state index contributed by atoms with van der Waals surface area (Å²) in [7, 11) is 0. The maximum absolute atomic E-state index is 12.4. The number of aromatic nitrogens is 1. The Bertz CT molecular complexity index is 652. The smallest absolute Gasteiger partial charge is 0.242 e. The van der Waals surface area contributed by atoms with Gasteiger partial charge in [-0.1, -0.05) is 11.6 Å². The fourth-order valence-electron chi connectivity index (χ4n) is 2.78. The van der Waals surface area contributed by atoms with E-state index in [1.807, 2.05) is 19.1 Å². The number of anilines is 1. The van der Waals surface area contributed by atoms with Crippen LogP contribution >= 0.6 is 11.6 Å². The van der Waals surface area contributed by atoms with Crippen LogP contribution in [0.25, 0.3) is 0 Å². The number of carbonyl (C=O) groups is 1. The lowest BCUT2D eigenvalue weighted by molar-refractivity contribution is -0.121. The first kappa shape index (κ1) is 17.0. The zero-order chi connectivity index (χ0) is 16.9. The Morgan fingerprint density at radius 2 is 2.12 bits per heavy atom. The summed E-state index contributed by atoms with van der Waals surface area (Å²) < 4.78 is 5.39. The number of hydrogen-bond acceptors (Lipinski definition) is 5. The average molecular weight is 349 g/mol. The second-order valence-electron chi connectivity index (χ2n) is 5.92. The fraction of sp³-hybridized carbons (Fsp3) is 0.412. The lowest BCUT2D eigenvalue weighted by atomic mass is 10.2. The van der Waals surface area contributed by atoms with Crippen LogP contribution in [0.3, 0.4) is 0 Å². The molecule has 2 aromatic heterocycles. The van der Waals surface area contributed by atoms with Crippen molar-refractivity contribution < 1.29 is 9.21 Å². The van der Waals surface area contributed by atoms with Crippen molar-refractivity contribution in [3.05, 3.63) is 47.5 Å². The lowest BCUT2D eigenvalue weighted by Crippen LogP contribution is -2.52. The molecule has 1 aliphatic rings. The molecule has 2 aromatic rings. The molecule has 0 spiro atoms. The van der Waals surface area contributed by atoms with Gasteiger partial charge in [0, 0.05) is 32.4 Å². The lowest BCUT2D eigenvalue weighted by Gasteiger charge is -2.37. The highest BCUT2D eigenvalue weighted by Gasteiger charge is 2.26. The molecular weight excluding hydrogens is 328 g/mol. The molecule has 6 nitrogen and oxygen atoms in total. The average Bonchev–Trinajstić information content (AvgIpc) is 3.10. The first-order valence-corrected chi connectivity index (χ1v) is 8.41. The van der Waals surface area contributed by atoms with Gasteiger partial charge < -0.3 is 9.73 Å². The van der Waals surface area contributed by atoms with Crippen LogP contribution in [0.15, 0.2) is 41.1 Å². The first-order chi connectivity index (χ1) is 11.6. The Morgan fingerprint density at radius 1 is 1.33 bits per heavy atom. The topological polar surface area (TPSA) is 61.6 Å². The molecule has 0 saturated carbocycles. The molecule has 0 radical (unpaired) electrons. The van der Waals surface area contributed by atoms with Gasteiger partial charge in [-0.3, -0.25) is 14.6 Å². The number of amides is 1.